The highest BCUT2D eigenvalue weighted by Crippen LogP contribution is 2.53. The number of aryl methyl sites for hydroxylation is 1. The van der Waals surface area contributed by atoms with E-state index in [4.69, 9.17) is 4.74 Å². The molecule has 0 radical (unpaired) electrons. The molecule has 5 nitrogen and oxygen atoms in total. The second-order valence-corrected chi connectivity index (χ2v) is 6.64. The molecule has 1 aromatic rings. The Balaban J connectivity index is 1.82. The maximum absolute atomic E-state index is 11.2. The maximum atomic E-state index is 11.2. The summed E-state index contributed by atoms with van der Waals surface area (Å²) in [4.78, 5) is 10.9. The number of nitro groups is 1. The van der Waals surface area contributed by atoms with Gasteiger partial charge in [0.15, 0.2) is 0 Å². The average molecular weight is 290 g/mol. The molecule has 1 aromatic carbocycles. The third kappa shape index (κ3) is 2.20. The van der Waals surface area contributed by atoms with Crippen molar-refractivity contribution in [2.75, 3.05) is 11.9 Å². The molecule has 1 N–H and O–H groups in total. The third-order valence-corrected chi connectivity index (χ3v) is 5.09. The van der Waals surface area contributed by atoms with Crippen molar-refractivity contribution in [2.24, 2.45) is 11.3 Å². The first-order valence-electron chi connectivity index (χ1n) is 7.60. The summed E-state index contributed by atoms with van der Waals surface area (Å²) in [7, 11) is 0. The molecule has 0 bridgehead atoms. The van der Waals surface area contributed by atoms with Gasteiger partial charge >= 0.3 is 0 Å². The molecule has 114 valence electrons. The Morgan fingerprint density at radius 3 is 2.90 bits per heavy atom. The molecule has 0 spiro atoms. The number of nitrogens with one attached hydrogen (secondary N) is 1. The van der Waals surface area contributed by atoms with Crippen molar-refractivity contribution in [3.05, 3.63) is 33.9 Å². The molecule has 1 aliphatic carbocycles. The number of fused-ring (bicyclic) bond motifs is 1. The first-order chi connectivity index (χ1) is 9.95. The van der Waals surface area contributed by atoms with Crippen LogP contribution in [0.15, 0.2) is 18.2 Å². The van der Waals surface area contributed by atoms with Crippen LogP contribution in [0.25, 0.3) is 0 Å². The van der Waals surface area contributed by atoms with E-state index in [1.54, 1.807) is 6.07 Å². The SMILES string of the molecule is CCc1ccc(NC2C3CCOC3C2(C)C)cc1[N+](=O)[O-]. The van der Waals surface area contributed by atoms with Crippen LogP contribution in [0.2, 0.25) is 0 Å². The number of hydrogen-bond donors (Lipinski definition) is 1. The summed E-state index contributed by atoms with van der Waals surface area (Å²) in [5.41, 5.74) is 1.89. The fourth-order valence-corrected chi connectivity index (χ4v) is 3.92. The predicted molar refractivity (Wildman–Crippen MR) is 81.5 cm³/mol. The zero-order chi connectivity index (χ0) is 15.2. The molecule has 2 fully saturated rings. The Morgan fingerprint density at radius 2 is 2.24 bits per heavy atom. The van der Waals surface area contributed by atoms with Crippen LogP contribution in [-0.4, -0.2) is 23.7 Å². The van der Waals surface area contributed by atoms with Crippen LogP contribution >= 0.6 is 0 Å². The van der Waals surface area contributed by atoms with Gasteiger partial charge in [-0.2, -0.15) is 0 Å². The fourth-order valence-electron chi connectivity index (χ4n) is 3.92. The van der Waals surface area contributed by atoms with Gasteiger partial charge in [0.1, 0.15) is 0 Å². The molecule has 3 atom stereocenters. The summed E-state index contributed by atoms with van der Waals surface area (Å²) in [6, 6.07) is 5.79. The van der Waals surface area contributed by atoms with Crippen molar-refractivity contribution in [1.29, 1.82) is 0 Å². The highest BCUT2D eigenvalue weighted by molar-refractivity contribution is 5.56. The van der Waals surface area contributed by atoms with E-state index >= 15 is 0 Å². The highest BCUT2D eigenvalue weighted by atomic mass is 16.6. The van der Waals surface area contributed by atoms with Crippen LogP contribution in [0.3, 0.4) is 0 Å². The second kappa shape index (κ2) is 4.98. The molecule has 0 amide bonds. The Bertz CT molecular complexity index is 571. The summed E-state index contributed by atoms with van der Waals surface area (Å²) in [6.45, 7) is 7.16. The van der Waals surface area contributed by atoms with Crippen molar-refractivity contribution in [3.63, 3.8) is 0 Å². The summed E-state index contributed by atoms with van der Waals surface area (Å²) in [5, 5.41) is 14.7. The minimum atomic E-state index is -0.294. The zero-order valence-corrected chi connectivity index (χ0v) is 12.8. The zero-order valence-electron chi connectivity index (χ0n) is 12.8. The van der Waals surface area contributed by atoms with Crippen molar-refractivity contribution in [2.45, 2.75) is 45.8 Å². The molecule has 0 aromatic heterocycles. The van der Waals surface area contributed by atoms with E-state index in [9.17, 15) is 10.1 Å². The molecule has 1 saturated carbocycles. The van der Waals surface area contributed by atoms with Crippen molar-refractivity contribution >= 4 is 11.4 Å². The largest absolute Gasteiger partial charge is 0.381 e. The van der Waals surface area contributed by atoms with E-state index in [0.717, 1.165) is 24.3 Å². The van der Waals surface area contributed by atoms with Gasteiger partial charge in [-0.25, -0.2) is 0 Å². The smallest absolute Gasteiger partial charge is 0.274 e. The molecular weight excluding hydrogens is 268 g/mol. The lowest BCUT2D eigenvalue weighted by Gasteiger charge is -2.55. The number of anilines is 1. The standard InChI is InChI=1S/C16H22N2O3/c1-4-10-5-6-11(9-13(10)18(19)20)17-14-12-7-8-21-15(12)16(14,2)3/h5-6,9,12,14-15,17H,4,7-8H2,1-3H3. The Labute approximate surface area is 124 Å². The van der Waals surface area contributed by atoms with Crippen molar-refractivity contribution in [3.8, 4) is 0 Å². The van der Waals surface area contributed by atoms with Gasteiger partial charge in [0.2, 0.25) is 0 Å². The number of nitrogens with zero attached hydrogens (tertiary/aromatic N) is 1. The summed E-state index contributed by atoms with van der Waals surface area (Å²) < 4.78 is 5.79. The first kappa shape index (κ1) is 14.3. The monoisotopic (exact) mass is 290 g/mol. The number of hydrogen-bond acceptors (Lipinski definition) is 4. The molecular formula is C16H22N2O3. The van der Waals surface area contributed by atoms with Gasteiger partial charge in [-0.1, -0.05) is 26.8 Å². The minimum Gasteiger partial charge on any atom is -0.381 e. The van der Waals surface area contributed by atoms with Gasteiger partial charge < -0.3 is 10.1 Å². The van der Waals surface area contributed by atoms with Gasteiger partial charge in [-0.05, 0) is 18.9 Å². The number of rotatable bonds is 4. The molecule has 3 rings (SSSR count). The predicted octanol–water partition coefficient (Wildman–Crippen LogP) is 3.38. The van der Waals surface area contributed by atoms with Crippen LogP contribution in [0.5, 0.6) is 0 Å². The van der Waals surface area contributed by atoms with Crippen LogP contribution in [0.1, 0.15) is 32.8 Å². The van der Waals surface area contributed by atoms with E-state index in [2.05, 4.69) is 19.2 Å². The normalized spacial score (nSPS) is 29.6. The lowest BCUT2D eigenvalue weighted by molar-refractivity contribution is -0.385. The summed E-state index contributed by atoms with van der Waals surface area (Å²) in [5.74, 6) is 0.518. The number of nitro benzene ring substituents is 1. The molecule has 1 aliphatic heterocycles. The first-order valence-corrected chi connectivity index (χ1v) is 7.60. The summed E-state index contributed by atoms with van der Waals surface area (Å²) in [6.07, 6.45) is 2.06. The quantitative estimate of drug-likeness (QED) is 0.682. The van der Waals surface area contributed by atoms with Crippen LogP contribution in [-0.2, 0) is 11.2 Å². The fraction of sp³-hybridized carbons (Fsp3) is 0.625. The van der Waals surface area contributed by atoms with Gasteiger partial charge in [-0.3, -0.25) is 10.1 Å². The molecule has 2 aliphatic rings. The average Bonchev–Trinajstić information content (AvgIpc) is 2.91. The van der Waals surface area contributed by atoms with E-state index in [1.165, 1.54) is 0 Å². The Morgan fingerprint density at radius 1 is 1.48 bits per heavy atom. The topological polar surface area (TPSA) is 64.4 Å². The van der Waals surface area contributed by atoms with Crippen LogP contribution in [0, 0.1) is 21.4 Å². The lowest BCUT2D eigenvalue weighted by atomic mass is 9.57. The van der Waals surface area contributed by atoms with Crippen molar-refractivity contribution in [1.82, 2.24) is 0 Å². The van der Waals surface area contributed by atoms with E-state index < -0.39 is 0 Å². The summed E-state index contributed by atoms with van der Waals surface area (Å²) >= 11 is 0. The number of ether oxygens (including phenoxy) is 1. The Hall–Kier alpha value is -1.62. The minimum absolute atomic E-state index is 0.0688. The Kier molecular flexibility index (Phi) is 3.40. The highest BCUT2D eigenvalue weighted by Gasteiger charge is 2.59. The van der Waals surface area contributed by atoms with Crippen LogP contribution < -0.4 is 5.32 Å². The van der Waals surface area contributed by atoms with Gasteiger partial charge in [0.05, 0.1) is 11.0 Å². The van der Waals surface area contributed by atoms with E-state index in [0.29, 0.717) is 24.5 Å². The lowest BCUT2D eigenvalue weighted by Crippen LogP contribution is -2.63. The second-order valence-electron chi connectivity index (χ2n) is 6.64. The number of benzene rings is 1. The molecule has 3 unspecified atom stereocenters. The molecule has 1 heterocycles. The third-order valence-electron chi connectivity index (χ3n) is 5.09. The van der Waals surface area contributed by atoms with Gasteiger partial charge in [0.25, 0.3) is 5.69 Å². The van der Waals surface area contributed by atoms with Gasteiger partial charge in [-0.15, -0.1) is 0 Å². The maximum Gasteiger partial charge on any atom is 0.274 e. The van der Waals surface area contributed by atoms with Crippen molar-refractivity contribution < 1.29 is 9.66 Å². The van der Waals surface area contributed by atoms with E-state index in [1.807, 2.05) is 19.1 Å². The van der Waals surface area contributed by atoms with Crippen LogP contribution in [0.4, 0.5) is 11.4 Å². The molecule has 1 saturated heterocycles. The van der Waals surface area contributed by atoms with E-state index in [-0.39, 0.29) is 16.0 Å². The molecule has 21 heavy (non-hydrogen) atoms. The van der Waals surface area contributed by atoms with Gasteiger partial charge in [0, 0.05) is 41.3 Å². The molecule has 5 heteroatoms.